The molecule has 0 amide bonds. The molecule has 19 heavy (non-hydrogen) atoms. The van der Waals surface area contributed by atoms with E-state index in [1.54, 1.807) is 0 Å². The Labute approximate surface area is 116 Å². The number of fused-ring (bicyclic) bond motifs is 1. The van der Waals surface area contributed by atoms with Gasteiger partial charge in [0.25, 0.3) is 0 Å². The molecular weight excluding hydrogens is 264 g/mol. The standard InChI is InChI=1S/C15H10O3.ClH/c16-12-8-11-6-7-14(10-4-2-1-3-5-10)18-15(11)9-13(12)17;/h1-9H,(H-,16,17);1H. The third-order valence-corrected chi connectivity index (χ3v) is 2.80. The summed E-state index contributed by atoms with van der Waals surface area (Å²) in [4.78, 5) is 0. The Kier molecular flexibility index (Phi) is 3.58. The molecule has 3 aromatic rings. The molecule has 0 spiro atoms. The highest BCUT2D eigenvalue weighted by atomic mass is 35.5. The summed E-state index contributed by atoms with van der Waals surface area (Å²) in [5.74, 6) is 0.384. The SMILES string of the molecule is Oc1cc2ccc(-c3ccccc3)[o+]c2cc1O.[Cl-]. The summed E-state index contributed by atoms with van der Waals surface area (Å²) in [6, 6.07) is 16.3. The minimum atomic E-state index is -0.184. The summed E-state index contributed by atoms with van der Waals surface area (Å²) in [7, 11) is 0. The van der Waals surface area contributed by atoms with Crippen molar-refractivity contribution < 1.29 is 27.0 Å². The minimum Gasteiger partial charge on any atom is -1.00 e. The van der Waals surface area contributed by atoms with Crippen molar-refractivity contribution in [3.05, 3.63) is 54.6 Å². The van der Waals surface area contributed by atoms with E-state index in [-0.39, 0.29) is 23.9 Å². The van der Waals surface area contributed by atoms with Crippen LogP contribution in [0.1, 0.15) is 0 Å². The van der Waals surface area contributed by atoms with Gasteiger partial charge in [-0.05, 0) is 18.2 Å². The summed E-state index contributed by atoms with van der Waals surface area (Å²) in [6.45, 7) is 0. The van der Waals surface area contributed by atoms with E-state index in [0.29, 0.717) is 11.3 Å². The number of hydrogen-bond acceptors (Lipinski definition) is 2. The van der Waals surface area contributed by atoms with Crippen LogP contribution < -0.4 is 12.4 Å². The van der Waals surface area contributed by atoms with Gasteiger partial charge in [0.15, 0.2) is 11.5 Å². The second-order valence-electron chi connectivity index (χ2n) is 4.04. The second-order valence-corrected chi connectivity index (χ2v) is 4.04. The number of phenols is 2. The Morgan fingerprint density at radius 3 is 2.21 bits per heavy atom. The molecule has 2 aromatic carbocycles. The first-order chi connectivity index (χ1) is 8.74. The number of hydrogen-bond donors (Lipinski definition) is 2. The predicted molar refractivity (Wildman–Crippen MR) is 69.4 cm³/mol. The molecule has 96 valence electrons. The topological polar surface area (TPSA) is 51.8 Å². The summed E-state index contributed by atoms with van der Waals surface area (Å²) < 4.78 is 5.71. The molecule has 0 saturated carbocycles. The van der Waals surface area contributed by atoms with Crippen LogP contribution in [0.15, 0.2) is 59.0 Å². The highest BCUT2D eigenvalue weighted by molar-refractivity contribution is 5.82. The molecule has 0 fully saturated rings. The average Bonchev–Trinajstić information content (AvgIpc) is 2.41. The van der Waals surface area contributed by atoms with Gasteiger partial charge >= 0.3 is 11.3 Å². The molecule has 0 atom stereocenters. The molecule has 3 rings (SSSR count). The van der Waals surface area contributed by atoms with Gasteiger partial charge in [0.05, 0.1) is 17.0 Å². The van der Waals surface area contributed by atoms with E-state index in [2.05, 4.69) is 0 Å². The lowest BCUT2D eigenvalue weighted by Crippen LogP contribution is -3.00. The summed E-state index contributed by atoms with van der Waals surface area (Å²) in [5.41, 5.74) is 1.50. The van der Waals surface area contributed by atoms with Crippen LogP contribution >= 0.6 is 0 Å². The number of rotatable bonds is 1. The van der Waals surface area contributed by atoms with Gasteiger partial charge in [-0.1, -0.05) is 18.2 Å². The van der Waals surface area contributed by atoms with E-state index in [1.165, 1.54) is 12.1 Å². The molecule has 0 aliphatic rings. The fourth-order valence-electron chi connectivity index (χ4n) is 1.87. The summed E-state index contributed by atoms with van der Waals surface area (Å²) >= 11 is 0. The third kappa shape index (κ3) is 2.46. The van der Waals surface area contributed by atoms with Crippen molar-refractivity contribution in [3.63, 3.8) is 0 Å². The predicted octanol–water partition coefficient (Wildman–Crippen LogP) is 0.796. The Morgan fingerprint density at radius 1 is 0.789 bits per heavy atom. The van der Waals surface area contributed by atoms with Gasteiger partial charge in [-0.25, -0.2) is 4.42 Å². The van der Waals surface area contributed by atoms with Crippen molar-refractivity contribution in [3.8, 4) is 22.8 Å². The van der Waals surface area contributed by atoms with Crippen LogP contribution in [0.2, 0.25) is 0 Å². The van der Waals surface area contributed by atoms with Crippen LogP contribution in [-0.2, 0) is 0 Å². The molecule has 0 aliphatic heterocycles. The zero-order valence-corrected chi connectivity index (χ0v) is 10.6. The number of phenolic OH excluding ortho intramolecular Hbond substituents is 2. The molecule has 1 heterocycles. The first-order valence-electron chi connectivity index (χ1n) is 5.58. The smallest absolute Gasteiger partial charge is 0.364 e. The van der Waals surface area contributed by atoms with Gasteiger partial charge in [-0.15, -0.1) is 0 Å². The number of benzene rings is 2. The molecule has 0 bridgehead atoms. The second kappa shape index (κ2) is 5.16. The van der Waals surface area contributed by atoms with Crippen LogP contribution in [0.4, 0.5) is 0 Å². The molecule has 0 unspecified atom stereocenters. The van der Waals surface area contributed by atoms with E-state index in [0.717, 1.165) is 10.9 Å². The molecule has 0 radical (unpaired) electrons. The zero-order chi connectivity index (χ0) is 12.5. The third-order valence-electron chi connectivity index (χ3n) is 2.80. The normalized spacial score (nSPS) is 10.1. The first-order valence-corrected chi connectivity index (χ1v) is 5.58. The molecule has 3 nitrogen and oxygen atoms in total. The Morgan fingerprint density at radius 2 is 1.47 bits per heavy atom. The van der Waals surface area contributed by atoms with E-state index < -0.39 is 0 Å². The summed E-state index contributed by atoms with van der Waals surface area (Å²) in [5, 5.41) is 19.6. The van der Waals surface area contributed by atoms with Gasteiger partial charge in [-0.3, -0.25) is 0 Å². The van der Waals surface area contributed by atoms with Gasteiger partial charge in [0, 0.05) is 12.1 Å². The van der Waals surface area contributed by atoms with Crippen LogP contribution in [-0.4, -0.2) is 10.2 Å². The van der Waals surface area contributed by atoms with Gasteiger partial charge < -0.3 is 22.6 Å². The Hall–Kier alpha value is -2.26. The maximum absolute atomic E-state index is 9.47. The monoisotopic (exact) mass is 274 g/mol. The van der Waals surface area contributed by atoms with Gasteiger partial charge in [-0.2, -0.15) is 0 Å². The van der Waals surface area contributed by atoms with Crippen molar-refractivity contribution in [2.45, 2.75) is 0 Å². The highest BCUT2D eigenvalue weighted by Gasteiger charge is 2.16. The van der Waals surface area contributed by atoms with E-state index in [1.807, 2.05) is 42.5 Å². The van der Waals surface area contributed by atoms with Gasteiger partial charge in [0.1, 0.15) is 0 Å². The van der Waals surface area contributed by atoms with E-state index >= 15 is 0 Å². The number of aromatic hydroxyl groups is 2. The molecule has 0 aliphatic carbocycles. The first kappa shape index (κ1) is 13.2. The van der Waals surface area contributed by atoms with Crippen molar-refractivity contribution in [1.29, 1.82) is 0 Å². The number of halogens is 1. The van der Waals surface area contributed by atoms with Crippen LogP contribution in [0.3, 0.4) is 0 Å². The van der Waals surface area contributed by atoms with Crippen molar-refractivity contribution in [1.82, 2.24) is 0 Å². The summed E-state index contributed by atoms with van der Waals surface area (Å²) in [6.07, 6.45) is 0. The Balaban J connectivity index is 0.00000133. The molecular formula is C15H11ClO3. The average molecular weight is 275 g/mol. The Bertz CT molecular complexity index is 711. The van der Waals surface area contributed by atoms with E-state index in [4.69, 9.17) is 4.42 Å². The zero-order valence-electron chi connectivity index (χ0n) is 9.88. The van der Waals surface area contributed by atoms with E-state index in [9.17, 15) is 10.2 Å². The largest absolute Gasteiger partial charge is 1.00 e. The van der Waals surface area contributed by atoms with Crippen LogP contribution in [0.5, 0.6) is 11.5 Å². The van der Waals surface area contributed by atoms with Gasteiger partial charge in [0.2, 0.25) is 0 Å². The molecule has 2 N–H and O–H groups in total. The highest BCUT2D eigenvalue weighted by Crippen LogP contribution is 2.32. The van der Waals surface area contributed by atoms with Crippen molar-refractivity contribution in [2.24, 2.45) is 0 Å². The minimum absolute atomic E-state index is 0. The fourth-order valence-corrected chi connectivity index (χ4v) is 1.87. The van der Waals surface area contributed by atoms with Crippen molar-refractivity contribution >= 4 is 11.0 Å². The van der Waals surface area contributed by atoms with Crippen LogP contribution in [0.25, 0.3) is 22.3 Å². The molecule has 4 heteroatoms. The quantitative estimate of drug-likeness (QED) is 0.510. The molecule has 0 saturated heterocycles. The van der Waals surface area contributed by atoms with Crippen molar-refractivity contribution in [2.75, 3.05) is 0 Å². The lowest BCUT2D eigenvalue weighted by atomic mass is 10.1. The maximum Gasteiger partial charge on any atom is 0.364 e. The lowest BCUT2D eigenvalue weighted by molar-refractivity contribution is -0.00000580. The molecule has 1 aromatic heterocycles. The maximum atomic E-state index is 9.47. The lowest BCUT2D eigenvalue weighted by Gasteiger charge is -1.96. The van der Waals surface area contributed by atoms with Crippen LogP contribution in [0, 0.1) is 0 Å². The fraction of sp³-hybridized carbons (Fsp3) is 0.